The van der Waals surface area contributed by atoms with Crippen molar-refractivity contribution in [3.8, 4) is 5.75 Å². The molecule has 184 valence electrons. The van der Waals surface area contributed by atoms with Crippen LogP contribution in [0.1, 0.15) is 34.3 Å². The van der Waals surface area contributed by atoms with Crippen LogP contribution in [-0.4, -0.2) is 39.5 Å². The lowest BCUT2D eigenvalue weighted by molar-refractivity contribution is 0.0886. The first-order valence-corrected chi connectivity index (χ1v) is 13.1. The quantitative estimate of drug-likeness (QED) is 0.422. The van der Waals surface area contributed by atoms with Gasteiger partial charge in [0.15, 0.2) is 4.87 Å². The van der Waals surface area contributed by atoms with Crippen LogP contribution < -0.4 is 20.1 Å². The summed E-state index contributed by atoms with van der Waals surface area (Å²) in [6, 6.07) is 19.3. The van der Waals surface area contributed by atoms with E-state index in [0.29, 0.717) is 37.2 Å². The van der Waals surface area contributed by atoms with Crippen molar-refractivity contribution in [3.63, 3.8) is 0 Å². The summed E-state index contributed by atoms with van der Waals surface area (Å²) in [5.74, 6) is -0.509. The second-order valence-corrected chi connectivity index (χ2v) is 10.4. The van der Waals surface area contributed by atoms with Crippen molar-refractivity contribution < 1.29 is 17.9 Å². The Bertz CT molecular complexity index is 1230. The predicted octanol–water partition coefficient (Wildman–Crippen LogP) is 2.79. The zero-order valence-electron chi connectivity index (χ0n) is 19.6. The molecule has 1 aliphatic rings. The van der Waals surface area contributed by atoms with Gasteiger partial charge in [0.2, 0.25) is 10.0 Å². The molecule has 2 aromatic carbocycles. The van der Waals surface area contributed by atoms with Crippen LogP contribution >= 0.6 is 0 Å². The number of hydrogen-bond acceptors (Lipinski definition) is 6. The Morgan fingerprint density at radius 2 is 1.77 bits per heavy atom. The molecule has 8 nitrogen and oxygen atoms in total. The van der Waals surface area contributed by atoms with Crippen LogP contribution in [0.5, 0.6) is 5.75 Å². The first-order valence-electron chi connectivity index (χ1n) is 11.6. The molecule has 0 saturated carbocycles. The van der Waals surface area contributed by atoms with Crippen molar-refractivity contribution in [1.29, 1.82) is 0 Å². The maximum atomic E-state index is 14.2. The summed E-state index contributed by atoms with van der Waals surface area (Å²) in [5, 5.41) is 6.27. The van der Waals surface area contributed by atoms with Crippen molar-refractivity contribution in [1.82, 2.24) is 20.3 Å². The van der Waals surface area contributed by atoms with Crippen LogP contribution in [0.15, 0.2) is 79.1 Å². The lowest BCUT2D eigenvalue weighted by Crippen LogP contribution is -2.61. The number of para-hydroxylation sites is 1. The van der Waals surface area contributed by atoms with Gasteiger partial charge in [0.25, 0.3) is 5.91 Å². The highest BCUT2D eigenvalue weighted by molar-refractivity contribution is 7.90. The summed E-state index contributed by atoms with van der Waals surface area (Å²) in [4.78, 5) is 16.0. The minimum absolute atomic E-state index is 0.0558. The molecule has 35 heavy (non-hydrogen) atoms. The molecule has 1 saturated heterocycles. The maximum absolute atomic E-state index is 14.2. The number of piperidine rings is 1. The van der Waals surface area contributed by atoms with Crippen molar-refractivity contribution in [2.24, 2.45) is 5.92 Å². The summed E-state index contributed by atoms with van der Waals surface area (Å²) < 4.78 is 36.6. The van der Waals surface area contributed by atoms with E-state index in [-0.39, 0.29) is 18.0 Å². The fourth-order valence-corrected chi connectivity index (χ4v) is 6.56. The van der Waals surface area contributed by atoms with Crippen LogP contribution in [0, 0.1) is 5.92 Å². The first kappa shape index (κ1) is 24.8. The fraction of sp³-hybridized carbons (Fsp3) is 0.308. The maximum Gasteiger partial charge on any atom is 0.256 e. The van der Waals surface area contributed by atoms with E-state index >= 15 is 0 Å². The summed E-state index contributed by atoms with van der Waals surface area (Å²) in [6.45, 7) is 1.37. The fourth-order valence-electron chi connectivity index (χ4n) is 4.63. The summed E-state index contributed by atoms with van der Waals surface area (Å²) in [6.07, 6.45) is 4.41. The number of ether oxygens (including phenoxy) is 1. The molecule has 1 fully saturated rings. The molecule has 0 bridgehead atoms. The number of amides is 1. The van der Waals surface area contributed by atoms with E-state index in [9.17, 15) is 13.2 Å². The van der Waals surface area contributed by atoms with Gasteiger partial charge >= 0.3 is 0 Å². The molecule has 1 atom stereocenters. The molecule has 4 rings (SSSR count). The number of pyridine rings is 1. The van der Waals surface area contributed by atoms with Gasteiger partial charge < -0.3 is 15.4 Å². The van der Waals surface area contributed by atoms with Gasteiger partial charge in [-0.3, -0.25) is 9.78 Å². The molecule has 3 N–H and O–H groups in total. The van der Waals surface area contributed by atoms with Gasteiger partial charge in [-0.25, -0.2) is 13.1 Å². The third kappa shape index (κ3) is 5.22. The summed E-state index contributed by atoms with van der Waals surface area (Å²) in [7, 11) is -2.65. The topological polar surface area (TPSA) is 109 Å². The van der Waals surface area contributed by atoms with Gasteiger partial charge in [-0.2, -0.15) is 0 Å². The average molecular weight is 495 g/mol. The minimum atomic E-state index is -4.14. The number of sulfonamides is 1. The molecule has 0 aliphatic carbocycles. The second kappa shape index (κ2) is 11.0. The van der Waals surface area contributed by atoms with Gasteiger partial charge in [0.1, 0.15) is 5.75 Å². The lowest BCUT2D eigenvalue weighted by Gasteiger charge is -2.43. The zero-order valence-corrected chi connectivity index (χ0v) is 20.4. The van der Waals surface area contributed by atoms with Crippen LogP contribution in [0.2, 0.25) is 0 Å². The van der Waals surface area contributed by atoms with E-state index in [0.717, 1.165) is 5.56 Å². The number of nitrogens with one attached hydrogen (secondary N) is 3. The average Bonchev–Trinajstić information content (AvgIpc) is 2.92. The van der Waals surface area contributed by atoms with Gasteiger partial charge in [-0.1, -0.05) is 48.5 Å². The molecule has 1 aliphatic heterocycles. The number of nitrogens with zero attached hydrogens (tertiary/aromatic N) is 1. The molecule has 1 aromatic heterocycles. The Kier molecular flexibility index (Phi) is 7.80. The highest BCUT2D eigenvalue weighted by atomic mass is 32.2. The monoisotopic (exact) mass is 494 g/mol. The Morgan fingerprint density at radius 3 is 2.46 bits per heavy atom. The number of rotatable bonds is 9. The van der Waals surface area contributed by atoms with E-state index in [4.69, 9.17) is 4.74 Å². The Hall–Kier alpha value is -3.27. The van der Waals surface area contributed by atoms with E-state index in [1.165, 1.54) is 7.11 Å². The van der Waals surface area contributed by atoms with E-state index in [2.05, 4.69) is 20.3 Å². The molecule has 3 aromatic rings. The third-order valence-corrected chi connectivity index (χ3v) is 8.42. The predicted molar refractivity (Wildman–Crippen MR) is 134 cm³/mol. The molecule has 1 unspecified atom stereocenters. The molecule has 9 heteroatoms. The molecular weight excluding hydrogens is 464 g/mol. The van der Waals surface area contributed by atoms with E-state index < -0.39 is 20.8 Å². The van der Waals surface area contributed by atoms with Gasteiger partial charge in [-0.05, 0) is 55.3 Å². The van der Waals surface area contributed by atoms with Crippen molar-refractivity contribution in [3.05, 3.63) is 95.8 Å². The smallest absolute Gasteiger partial charge is 0.256 e. The number of carbonyl (C=O) groups excluding carboxylic acids is 1. The number of aromatic nitrogens is 1. The minimum Gasteiger partial charge on any atom is -0.496 e. The summed E-state index contributed by atoms with van der Waals surface area (Å²) >= 11 is 0. The molecule has 1 amide bonds. The largest absolute Gasteiger partial charge is 0.496 e. The van der Waals surface area contributed by atoms with Gasteiger partial charge in [0.05, 0.1) is 12.7 Å². The van der Waals surface area contributed by atoms with Crippen LogP contribution in [0.3, 0.4) is 0 Å². The third-order valence-electron chi connectivity index (χ3n) is 6.38. The Labute approximate surface area is 206 Å². The first-order chi connectivity index (χ1) is 17.0. The van der Waals surface area contributed by atoms with E-state index in [1.54, 1.807) is 73.1 Å². The van der Waals surface area contributed by atoms with E-state index in [1.807, 2.05) is 6.07 Å². The SMILES string of the molecule is COc1ccccc1C(=O)NC(c1ccccc1)(C1CCNCC1)S(=O)(=O)NCc1cccnc1. The van der Waals surface area contributed by atoms with Gasteiger partial charge in [0, 0.05) is 24.9 Å². The normalized spacial score (nSPS) is 16.3. The summed E-state index contributed by atoms with van der Waals surface area (Å²) in [5.41, 5.74) is 1.50. The lowest BCUT2D eigenvalue weighted by atomic mass is 9.85. The number of benzene rings is 2. The highest BCUT2D eigenvalue weighted by Gasteiger charge is 2.53. The van der Waals surface area contributed by atoms with Gasteiger partial charge in [-0.15, -0.1) is 0 Å². The highest BCUT2D eigenvalue weighted by Crippen LogP contribution is 2.40. The Morgan fingerprint density at radius 1 is 1.06 bits per heavy atom. The van der Waals surface area contributed by atoms with Crippen molar-refractivity contribution in [2.75, 3.05) is 20.2 Å². The molecule has 0 radical (unpaired) electrons. The second-order valence-electron chi connectivity index (χ2n) is 8.47. The molecule has 0 spiro atoms. The number of carbonyl (C=O) groups is 1. The van der Waals surface area contributed by atoms with Crippen molar-refractivity contribution in [2.45, 2.75) is 24.3 Å². The van der Waals surface area contributed by atoms with Crippen LogP contribution in [0.25, 0.3) is 0 Å². The Balaban J connectivity index is 1.82. The van der Waals surface area contributed by atoms with Crippen LogP contribution in [-0.2, 0) is 21.4 Å². The molecule has 2 heterocycles. The number of methoxy groups -OCH3 is 1. The van der Waals surface area contributed by atoms with Crippen molar-refractivity contribution >= 4 is 15.9 Å². The van der Waals surface area contributed by atoms with Crippen LogP contribution in [0.4, 0.5) is 0 Å². The number of hydrogen-bond donors (Lipinski definition) is 3. The molecular formula is C26H30N4O4S. The standard InChI is InChI=1S/C26H30N4O4S/c1-34-24-12-6-5-11-23(24)25(31)30-26(21-9-3-2-4-10-21,22-13-16-27-17-14-22)35(32,33)29-19-20-8-7-15-28-18-20/h2-12,15,18,22,27,29H,13-14,16-17,19H2,1H3,(H,30,31). The zero-order chi connectivity index (χ0) is 24.7.